The summed E-state index contributed by atoms with van der Waals surface area (Å²) >= 11 is 0. The number of carbonyl (C=O) groups is 2. The Morgan fingerprint density at radius 1 is 0.907 bits per heavy atom. The molecule has 0 aliphatic carbocycles. The van der Waals surface area contributed by atoms with Gasteiger partial charge in [-0.2, -0.15) is 26.3 Å². The lowest BCUT2D eigenvalue weighted by Gasteiger charge is -2.27. The Bertz CT molecular complexity index is 1390. The third-order valence-corrected chi connectivity index (χ3v) is 6.23. The van der Waals surface area contributed by atoms with Gasteiger partial charge in [-0.15, -0.1) is 0 Å². The number of nitrogens with zero attached hydrogens (tertiary/aromatic N) is 4. The van der Waals surface area contributed by atoms with Crippen molar-refractivity contribution in [1.82, 2.24) is 25.2 Å². The first kappa shape index (κ1) is 31.6. The second kappa shape index (κ2) is 11.8. The predicted molar refractivity (Wildman–Crippen MR) is 139 cm³/mol. The van der Waals surface area contributed by atoms with Gasteiger partial charge in [-0.05, 0) is 62.7 Å². The highest BCUT2D eigenvalue weighted by atomic mass is 19.4. The van der Waals surface area contributed by atoms with Crippen molar-refractivity contribution < 1.29 is 45.1 Å². The Balaban J connectivity index is 1.62. The van der Waals surface area contributed by atoms with Crippen molar-refractivity contribution in [3.8, 4) is 22.5 Å². The van der Waals surface area contributed by atoms with Crippen LogP contribution in [0, 0.1) is 0 Å². The number of amides is 2. The van der Waals surface area contributed by atoms with Gasteiger partial charge in [-0.25, -0.2) is 14.2 Å². The number of aromatic nitrogens is 3. The highest BCUT2D eigenvalue weighted by Crippen LogP contribution is 2.32. The molecule has 15 heteroatoms. The van der Waals surface area contributed by atoms with Crippen molar-refractivity contribution in [1.29, 1.82) is 0 Å². The van der Waals surface area contributed by atoms with Gasteiger partial charge in [0.25, 0.3) is 0 Å². The minimum atomic E-state index is -4.68. The van der Waals surface area contributed by atoms with Gasteiger partial charge in [0.15, 0.2) is 0 Å². The van der Waals surface area contributed by atoms with Gasteiger partial charge in [0.05, 0.1) is 17.9 Å². The predicted octanol–water partition coefficient (Wildman–Crippen LogP) is 6.21. The number of alkyl halides is 7. The third kappa shape index (κ3) is 7.96. The van der Waals surface area contributed by atoms with E-state index >= 15 is 0 Å². The zero-order chi connectivity index (χ0) is 31.7. The van der Waals surface area contributed by atoms with Crippen LogP contribution in [0.4, 0.5) is 35.5 Å². The second-order valence-electron chi connectivity index (χ2n) is 10.8. The highest BCUT2D eigenvalue weighted by molar-refractivity contribution is 5.86. The molecule has 0 aromatic carbocycles. The summed E-state index contributed by atoms with van der Waals surface area (Å²) < 4.78 is 97.6. The number of rotatable bonds is 5. The van der Waals surface area contributed by atoms with E-state index in [1.54, 1.807) is 20.8 Å². The van der Waals surface area contributed by atoms with E-state index in [4.69, 9.17) is 4.74 Å². The highest BCUT2D eigenvalue weighted by Gasteiger charge is 2.41. The van der Waals surface area contributed by atoms with Crippen molar-refractivity contribution >= 4 is 12.0 Å². The van der Waals surface area contributed by atoms with Crippen molar-refractivity contribution in [2.75, 3.05) is 6.54 Å². The maximum Gasteiger partial charge on any atom is 0.433 e. The molecule has 2 unspecified atom stereocenters. The lowest BCUT2D eigenvalue weighted by Crippen LogP contribution is -2.47. The van der Waals surface area contributed by atoms with Crippen LogP contribution in [0.2, 0.25) is 0 Å². The van der Waals surface area contributed by atoms with Crippen molar-refractivity contribution in [2.24, 2.45) is 0 Å². The molecule has 0 radical (unpaired) electrons. The minimum Gasteiger partial charge on any atom is -0.444 e. The average molecular weight is 614 g/mol. The van der Waals surface area contributed by atoms with Gasteiger partial charge in [-0.3, -0.25) is 19.7 Å². The van der Waals surface area contributed by atoms with E-state index < -0.39 is 53.6 Å². The molecule has 1 saturated heterocycles. The van der Waals surface area contributed by atoms with Gasteiger partial charge in [0, 0.05) is 36.5 Å². The quantitative estimate of drug-likeness (QED) is 0.344. The topological polar surface area (TPSA) is 97.3 Å². The van der Waals surface area contributed by atoms with Crippen LogP contribution in [0.15, 0.2) is 48.8 Å². The Hall–Kier alpha value is -4.30. The molecule has 43 heavy (non-hydrogen) atoms. The summed E-state index contributed by atoms with van der Waals surface area (Å²) in [5, 5.41) is 2.61. The first-order chi connectivity index (χ1) is 19.9. The Morgan fingerprint density at radius 2 is 1.42 bits per heavy atom. The Morgan fingerprint density at radius 3 is 1.84 bits per heavy atom. The summed E-state index contributed by atoms with van der Waals surface area (Å²) in [7, 11) is 0. The number of nitrogens with one attached hydrogen (secondary N) is 1. The molecule has 4 heterocycles. The number of carbonyl (C=O) groups excluding carboxylic acids is 2. The zero-order valence-electron chi connectivity index (χ0n) is 23.1. The van der Waals surface area contributed by atoms with Crippen molar-refractivity contribution in [2.45, 2.75) is 63.9 Å². The Kier molecular flexibility index (Phi) is 8.65. The minimum absolute atomic E-state index is 0.114. The van der Waals surface area contributed by atoms with E-state index in [-0.39, 0.29) is 42.0 Å². The molecule has 2 amide bonds. The molecule has 1 aliphatic heterocycles. The monoisotopic (exact) mass is 613 g/mol. The fourth-order valence-corrected chi connectivity index (χ4v) is 4.27. The first-order valence-corrected chi connectivity index (χ1v) is 12.9. The lowest BCUT2D eigenvalue weighted by molar-refractivity contribution is -0.141. The molecule has 3 aromatic heterocycles. The summed E-state index contributed by atoms with van der Waals surface area (Å²) in [5.74, 6) is -0.682. The fraction of sp³-hybridized carbons (Fsp3) is 0.393. The molecule has 0 saturated carbocycles. The fourth-order valence-electron chi connectivity index (χ4n) is 4.27. The van der Waals surface area contributed by atoms with E-state index in [1.807, 2.05) is 0 Å². The van der Waals surface area contributed by atoms with Crippen LogP contribution in [0.1, 0.15) is 44.1 Å². The number of halogens is 7. The van der Waals surface area contributed by atoms with Crippen LogP contribution in [0.25, 0.3) is 22.5 Å². The van der Waals surface area contributed by atoms with E-state index in [0.717, 1.165) is 41.6 Å². The van der Waals surface area contributed by atoms with Crippen molar-refractivity contribution in [3.05, 3.63) is 65.7 Å². The molecule has 1 aliphatic rings. The maximum atomic E-state index is 14.2. The van der Waals surface area contributed by atoms with Crippen LogP contribution in [0.3, 0.4) is 0 Å². The first-order valence-electron chi connectivity index (χ1n) is 12.9. The summed E-state index contributed by atoms with van der Waals surface area (Å²) in [6.07, 6.45) is -10.0. The number of hydrogen-bond acceptors (Lipinski definition) is 6. The van der Waals surface area contributed by atoms with Crippen LogP contribution in [-0.4, -0.2) is 56.2 Å². The molecule has 8 nitrogen and oxygen atoms in total. The normalized spacial score (nSPS) is 17.6. The lowest BCUT2D eigenvalue weighted by atomic mass is 10.1. The molecule has 3 aromatic rings. The number of pyridine rings is 3. The summed E-state index contributed by atoms with van der Waals surface area (Å²) in [4.78, 5) is 37.8. The molecular formula is C28H26F7N5O3. The van der Waals surface area contributed by atoms with Crippen molar-refractivity contribution in [3.63, 3.8) is 0 Å². The van der Waals surface area contributed by atoms with Gasteiger partial charge in [0.2, 0.25) is 5.91 Å². The largest absolute Gasteiger partial charge is 0.444 e. The molecule has 1 N–H and O–H groups in total. The number of likely N-dealkylation sites (tertiary alicyclic amines) is 1. The molecule has 0 spiro atoms. The van der Waals surface area contributed by atoms with Gasteiger partial charge >= 0.3 is 18.4 Å². The second-order valence-corrected chi connectivity index (χ2v) is 10.8. The molecule has 1 fully saturated rings. The summed E-state index contributed by atoms with van der Waals surface area (Å²) in [6.45, 7) is 4.34. The van der Waals surface area contributed by atoms with E-state index in [9.17, 15) is 40.3 Å². The maximum absolute atomic E-state index is 14.2. The standard InChI is InChI=1S/C28H26F7N5O3/c1-26(2,3)43-25(42)40-14-18(29)10-21(40)24(41)38-11-15-8-19(16-4-6-22(36-12-16)27(30,31)32)39-20(9-15)17-5-7-23(37-13-17)28(33,34)35/h4-9,12-13,18,21H,10-11,14H2,1-3H3,(H,38,41). The van der Waals surface area contributed by atoms with Crippen LogP contribution in [-0.2, 0) is 28.4 Å². The molecule has 2 atom stereocenters. The van der Waals surface area contributed by atoms with Crippen LogP contribution >= 0.6 is 0 Å². The van der Waals surface area contributed by atoms with E-state index in [0.29, 0.717) is 5.56 Å². The molecule has 0 bridgehead atoms. The van der Waals surface area contributed by atoms with E-state index in [2.05, 4.69) is 20.3 Å². The average Bonchev–Trinajstić information content (AvgIpc) is 3.32. The van der Waals surface area contributed by atoms with E-state index in [1.165, 1.54) is 12.1 Å². The van der Waals surface area contributed by atoms with Crippen LogP contribution < -0.4 is 5.32 Å². The molecule has 230 valence electrons. The smallest absolute Gasteiger partial charge is 0.433 e. The number of ether oxygens (including phenoxy) is 1. The summed E-state index contributed by atoms with van der Waals surface area (Å²) in [6, 6.07) is 5.51. The summed E-state index contributed by atoms with van der Waals surface area (Å²) in [5.41, 5.74) is -2.24. The van der Waals surface area contributed by atoms with Gasteiger partial charge < -0.3 is 10.1 Å². The Labute approximate surface area is 241 Å². The van der Waals surface area contributed by atoms with Gasteiger partial charge in [0.1, 0.15) is 29.2 Å². The molecule has 4 rings (SSSR count). The molecular weight excluding hydrogens is 587 g/mol. The number of hydrogen-bond donors (Lipinski definition) is 1. The van der Waals surface area contributed by atoms with Crippen LogP contribution in [0.5, 0.6) is 0 Å². The SMILES string of the molecule is CC(C)(C)OC(=O)N1CC(F)CC1C(=O)NCc1cc(-c2ccc(C(F)(F)F)nc2)nc(-c2ccc(C(F)(F)F)nc2)c1. The van der Waals surface area contributed by atoms with Gasteiger partial charge in [-0.1, -0.05) is 0 Å². The zero-order valence-corrected chi connectivity index (χ0v) is 23.1. The third-order valence-electron chi connectivity index (χ3n) is 6.23.